The van der Waals surface area contributed by atoms with Crippen molar-refractivity contribution in [3.8, 4) is 0 Å². The molecule has 1 unspecified atom stereocenters. The topological polar surface area (TPSA) is 40.5 Å². The van der Waals surface area contributed by atoms with Gasteiger partial charge in [0.1, 0.15) is 0 Å². The van der Waals surface area contributed by atoms with Gasteiger partial charge in [0.2, 0.25) is 0 Å². The molecule has 3 heteroatoms. The number of hydrogen-bond donors (Lipinski definition) is 1. The molecule has 0 aliphatic rings. The normalized spacial score (nSPS) is 13.1. The molecule has 82 valence electrons. The van der Waals surface area contributed by atoms with Crippen LogP contribution in [0, 0.1) is 0 Å². The SMILES string of the molecule is CCCCN(C=CC(=O)O)C(C)CC. The highest BCUT2D eigenvalue weighted by atomic mass is 16.4. The van der Waals surface area contributed by atoms with Crippen LogP contribution in [0.2, 0.25) is 0 Å². The second-order valence-corrected chi connectivity index (χ2v) is 3.50. The number of carbonyl (C=O) groups is 1. The molecule has 0 amide bonds. The third-order valence-electron chi connectivity index (χ3n) is 2.34. The molecule has 0 aromatic heterocycles. The van der Waals surface area contributed by atoms with E-state index in [0.29, 0.717) is 6.04 Å². The van der Waals surface area contributed by atoms with E-state index in [1.165, 1.54) is 6.08 Å². The Morgan fingerprint density at radius 3 is 2.57 bits per heavy atom. The van der Waals surface area contributed by atoms with Gasteiger partial charge in [-0.1, -0.05) is 20.3 Å². The molecule has 14 heavy (non-hydrogen) atoms. The van der Waals surface area contributed by atoms with Crippen molar-refractivity contribution in [1.82, 2.24) is 4.90 Å². The summed E-state index contributed by atoms with van der Waals surface area (Å²) in [7, 11) is 0. The molecule has 0 heterocycles. The van der Waals surface area contributed by atoms with Crippen molar-refractivity contribution >= 4 is 5.97 Å². The van der Waals surface area contributed by atoms with Crippen LogP contribution in [0.15, 0.2) is 12.3 Å². The summed E-state index contributed by atoms with van der Waals surface area (Å²) in [5, 5.41) is 8.53. The van der Waals surface area contributed by atoms with Gasteiger partial charge >= 0.3 is 5.97 Å². The Kier molecular flexibility index (Phi) is 6.89. The molecule has 0 bridgehead atoms. The number of rotatable bonds is 7. The van der Waals surface area contributed by atoms with Crippen LogP contribution in [0.4, 0.5) is 0 Å². The lowest BCUT2D eigenvalue weighted by atomic mass is 10.2. The number of nitrogens with zero attached hydrogens (tertiary/aromatic N) is 1. The van der Waals surface area contributed by atoms with E-state index in [4.69, 9.17) is 5.11 Å². The third-order valence-corrected chi connectivity index (χ3v) is 2.34. The molecule has 0 fully saturated rings. The van der Waals surface area contributed by atoms with Gasteiger partial charge in [0.25, 0.3) is 0 Å². The highest BCUT2D eigenvalue weighted by molar-refractivity contribution is 5.79. The van der Waals surface area contributed by atoms with Gasteiger partial charge in [0.05, 0.1) is 0 Å². The Balaban J connectivity index is 4.16. The average molecular weight is 199 g/mol. The number of carboxylic acid groups (broad SMARTS) is 1. The van der Waals surface area contributed by atoms with E-state index in [0.717, 1.165) is 25.8 Å². The van der Waals surface area contributed by atoms with E-state index >= 15 is 0 Å². The zero-order valence-electron chi connectivity index (χ0n) is 9.36. The Morgan fingerprint density at radius 1 is 1.50 bits per heavy atom. The van der Waals surface area contributed by atoms with Crippen molar-refractivity contribution in [2.75, 3.05) is 6.54 Å². The van der Waals surface area contributed by atoms with Crippen molar-refractivity contribution < 1.29 is 9.90 Å². The lowest BCUT2D eigenvalue weighted by molar-refractivity contribution is -0.131. The van der Waals surface area contributed by atoms with Crippen molar-refractivity contribution in [1.29, 1.82) is 0 Å². The van der Waals surface area contributed by atoms with Crippen LogP contribution >= 0.6 is 0 Å². The minimum Gasteiger partial charge on any atom is -0.478 e. The molecule has 0 radical (unpaired) electrons. The third kappa shape index (κ3) is 5.62. The summed E-state index contributed by atoms with van der Waals surface area (Å²) >= 11 is 0. The zero-order valence-corrected chi connectivity index (χ0v) is 9.36. The van der Waals surface area contributed by atoms with Crippen LogP contribution in [0.25, 0.3) is 0 Å². The van der Waals surface area contributed by atoms with Crippen molar-refractivity contribution in [3.63, 3.8) is 0 Å². The molecular weight excluding hydrogens is 178 g/mol. The van der Waals surface area contributed by atoms with E-state index in [1.807, 2.05) is 0 Å². The molecular formula is C11H21NO2. The Bertz CT molecular complexity index is 190. The maximum Gasteiger partial charge on any atom is 0.329 e. The number of hydrogen-bond acceptors (Lipinski definition) is 2. The van der Waals surface area contributed by atoms with Gasteiger partial charge in [-0.2, -0.15) is 0 Å². The van der Waals surface area contributed by atoms with Crippen LogP contribution in [0.5, 0.6) is 0 Å². The van der Waals surface area contributed by atoms with Crippen LogP contribution in [0.1, 0.15) is 40.0 Å². The summed E-state index contributed by atoms with van der Waals surface area (Å²) < 4.78 is 0. The minimum absolute atomic E-state index is 0.414. The Hall–Kier alpha value is -0.990. The predicted molar refractivity (Wildman–Crippen MR) is 58.1 cm³/mol. The molecule has 0 aliphatic carbocycles. The second kappa shape index (κ2) is 7.42. The van der Waals surface area contributed by atoms with Crippen molar-refractivity contribution in [2.45, 2.75) is 46.1 Å². The lowest BCUT2D eigenvalue weighted by Crippen LogP contribution is -2.28. The fourth-order valence-electron chi connectivity index (χ4n) is 1.18. The molecule has 0 saturated heterocycles. The first kappa shape index (κ1) is 13.0. The average Bonchev–Trinajstić information content (AvgIpc) is 2.16. The van der Waals surface area contributed by atoms with E-state index in [2.05, 4.69) is 25.7 Å². The van der Waals surface area contributed by atoms with Gasteiger partial charge in [0.15, 0.2) is 0 Å². The first-order valence-electron chi connectivity index (χ1n) is 5.28. The first-order chi connectivity index (χ1) is 6.61. The maximum atomic E-state index is 10.4. The van der Waals surface area contributed by atoms with Gasteiger partial charge in [-0.05, 0) is 19.8 Å². The van der Waals surface area contributed by atoms with E-state index in [9.17, 15) is 4.79 Å². The van der Waals surface area contributed by atoms with Gasteiger partial charge in [-0.3, -0.25) is 0 Å². The quantitative estimate of drug-likeness (QED) is 0.640. The molecule has 1 atom stereocenters. The standard InChI is InChI=1S/C11H21NO2/c1-4-6-8-12(10(3)5-2)9-7-11(13)14/h7,9-10H,4-6,8H2,1-3H3,(H,13,14). The molecule has 3 nitrogen and oxygen atoms in total. The molecule has 0 spiro atoms. The maximum absolute atomic E-state index is 10.4. The predicted octanol–water partition coefficient (Wildman–Crippen LogP) is 2.49. The Labute approximate surface area is 86.4 Å². The fourth-order valence-corrected chi connectivity index (χ4v) is 1.18. The molecule has 0 rings (SSSR count). The molecule has 0 aromatic carbocycles. The number of carboxylic acids is 1. The smallest absolute Gasteiger partial charge is 0.329 e. The summed E-state index contributed by atoms with van der Waals surface area (Å²) in [6, 6.07) is 0.414. The van der Waals surface area contributed by atoms with Crippen LogP contribution in [-0.2, 0) is 4.79 Å². The highest BCUT2D eigenvalue weighted by Crippen LogP contribution is 2.06. The van der Waals surface area contributed by atoms with Crippen LogP contribution in [-0.4, -0.2) is 28.6 Å². The van der Waals surface area contributed by atoms with E-state index in [1.54, 1.807) is 6.20 Å². The van der Waals surface area contributed by atoms with Crippen LogP contribution < -0.4 is 0 Å². The number of aliphatic carboxylic acids is 1. The van der Waals surface area contributed by atoms with Crippen molar-refractivity contribution in [2.24, 2.45) is 0 Å². The highest BCUT2D eigenvalue weighted by Gasteiger charge is 2.06. The Morgan fingerprint density at radius 2 is 2.14 bits per heavy atom. The van der Waals surface area contributed by atoms with Gasteiger partial charge in [0, 0.05) is 24.9 Å². The first-order valence-corrected chi connectivity index (χ1v) is 5.28. The summed E-state index contributed by atoms with van der Waals surface area (Å²) in [5.74, 6) is -0.880. The zero-order chi connectivity index (χ0) is 11.0. The van der Waals surface area contributed by atoms with E-state index < -0.39 is 5.97 Å². The van der Waals surface area contributed by atoms with Gasteiger partial charge < -0.3 is 10.0 Å². The van der Waals surface area contributed by atoms with Gasteiger partial charge in [-0.15, -0.1) is 0 Å². The summed E-state index contributed by atoms with van der Waals surface area (Å²) in [6.45, 7) is 7.30. The fraction of sp³-hybridized carbons (Fsp3) is 0.727. The monoisotopic (exact) mass is 199 g/mol. The van der Waals surface area contributed by atoms with Gasteiger partial charge in [-0.25, -0.2) is 4.79 Å². The molecule has 0 aliphatic heterocycles. The summed E-state index contributed by atoms with van der Waals surface area (Å²) in [4.78, 5) is 12.5. The molecule has 0 aromatic rings. The number of unbranched alkanes of at least 4 members (excludes halogenated alkanes) is 1. The van der Waals surface area contributed by atoms with Crippen LogP contribution in [0.3, 0.4) is 0 Å². The van der Waals surface area contributed by atoms with Crippen molar-refractivity contribution in [3.05, 3.63) is 12.3 Å². The second-order valence-electron chi connectivity index (χ2n) is 3.50. The molecule has 0 saturated carbocycles. The minimum atomic E-state index is -0.880. The lowest BCUT2D eigenvalue weighted by Gasteiger charge is -2.26. The largest absolute Gasteiger partial charge is 0.478 e. The molecule has 1 N–H and O–H groups in total. The summed E-state index contributed by atoms with van der Waals surface area (Å²) in [5.41, 5.74) is 0. The summed E-state index contributed by atoms with van der Waals surface area (Å²) in [6.07, 6.45) is 6.17. The van der Waals surface area contributed by atoms with E-state index in [-0.39, 0.29) is 0 Å².